The Kier molecular flexibility index (Phi) is 3.55. The predicted octanol–water partition coefficient (Wildman–Crippen LogP) is 0.410. The standard InChI is InChI=1S/C7H11N3O4/c1-13-7(14-2)4-9-3-6(8-5-9)10(11)12/h3,5,7H,4H2,1-2H3. The van der Waals surface area contributed by atoms with Gasteiger partial charge in [-0.15, -0.1) is 0 Å². The Bertz CT molecular complexity index is 308. The molecule has 0 aliphatic rings. The highest BCUT2D eigenvalue weighted by molar-refractivity contribution is 5.12. The van der Waals surface area contributed by atoms with Crippen LogP contribution in [-0.4, -0.2) is 35.0 Å². The molecule has 1 aromatic rings. The molecular formula is C7H11N3O4. The molecule has 0 aromatic carbocycles. The topological polar surface area (TPSA) is 79.4 Å². The number of imidazole rings is 1. The summed E-state index contributed by atoms with van der Waals surface area (Å²) in [5, 5.41) is 10.3. The van der Waals surface area contributed by atoms with Crippen LogP contribution in [0.3, 0.4) is 0 Å². The molecule has 0 saturated carbocycles. The van der Waals surface area contributed by atoms with E-state index in [9.17, 15) is 10.1 Å². The molecule has 14 heavy (non-hydrogen) atoms. The van der Waals surface area contributed by atoms with Gasteiger partial charge in [-0.25, -0.2) is 0 Å². The zero-order valence-electron chi connectivity index (χ0n) is 7.91. The minimum atomic E-state index is -0.550. The van der Waals surface area contributed by atoms with E-state index in [-0.39, 0.29) is 5.82 Å². The normalized spacial score (nSPS) is 10.8. The van der Waals surface area contributed by atoms with E-state index in [1.54, 1.807) is 0 Å². The van der Waals surface area contributed by atoms with Crippen LogP contribution in [0, 0.1) is 10.1 Å². The van der Waals surface area contributed by atoms with Gasteiger partial charge in [0.15, 0.2) is 6.29 Å². The Morgan fingerprint density at radius 2 is 2.29 bits per heavy atom. The largest absolute Gasteiger partial charge is 0.381 e. The fourth-order valence-electron chi connectivity index (χ4n) is 0.960. The average molecular weight is 201 g/mol. The molecule has 78 valence electrons. The molecule has 1 aromatic heterocycles. The number of nitro groups is 1. The van der Waals surface area contributed by atoms with E-state index in [4.69, 9.17) is 9.47 Å². The van der Waals surface area contributed by atoms with Crippen LogP contribution < -0.4 is 0 Å². The molecule has 0 fully saturated rings. The number of ether oxygens (including phenoxy) is 2. The van der Waals surface area contributed by atoms with Crippen molar-refractivity contribution < 1.29 is 14.4 Å². The monoisotopic (exact) mass is 201 g/mol. The zero-order valence-corrected chi connectivity index (χ0v) is 7.91. The average Bonchev–Trinajstić information content (AvgIpc) is 2.62. The molecule has 0 unspecified atom stereocenters. The zero-order chi connectivity index (χ0) is 10.6. The summed E-state index contributed by atoms with van der Waals surface area (Å²) in [4.78, 5) is 13.3. The summed E-state index contributed by atoms with van der Waals surface area (Å²) in [6, 6.07) is 0. The maximum Gasteiger partial charge on any atom is 0.381 e. The lowest BCUT2D eigenvalue weighted by Gasteiger charge is -2.12. The van der Waals surface area contributed by atoms with Gasteiger partial charge >= 0.3 is 5.82 Å². The number of aromatic nitrogens is 2. The fourth-order valence-corrected chi connectivity index (χ4v) is 0.960. The van der Waals surface area contributed by atoms with Gasteiger partial charge in [0.2, 0.25) is 6.33 Å². The highest BCUT2D eigenvalue weighted by Crippen LogP contribution is 2.07. The molecular weight excluding hydrogens is 190 g/mol. The summed E-state index contributed by atoms with van der Waals surface area (Å²) in [5.41, 5.74) is 0. The molecule has 0 amide bonds. The van der Waals surface area contributed by atoms with E-state index in [0.29, 0.717) is 6.54 Å². The van der Waals surface area contributed by atoms with Crippen LogP contribution in [0.2, 0.25) is 0 Å². The molecule has 1 rings (SSSR count). The first kappa shape index (κ1) is 10.6. The van der Waals surface area contributed by atoms with E-state index < -0.39 is 11.2 Å². The van der Waals surface area contributed by atoms with Crippen molar-refractivity contribution in [1.82, 2.24) is 9.55 Å². The van der Waals surface area contributed by atoms with Gasteiger partial charge in [-0.1, -0.05) is 0 Å². The minimum absolute atomic E-state index is 0.184. The maximum atomic E-state index is 10.3. The van der Waals surface area contributed by atoms with Gasteiger partial charge in [0.1, 0.15) is 6.20 Å². The Labute approximate surface area is 80.4 Å². The lowest BCUT2D eigenvalue weighted by molar-refractivity contribution is -0.389. The first-order valence-corrected chi connectivity index (χ1v) is 3.89. The van der Waals surface area contributed by atoms with E-state index in [1.807, 2.05) is 0 Å². The smallest absolute Gasteiger partial charge is 0.358 e. The number of methoxy groups -OCH3 is 2. The molecule has 7 nitrogen and oxygen atoms in total. The molecule has 0 atom stereocenters. The Hall–Kier alpha value is -1.47. The third-order valence-electron chi connectivity index (χ3n) is 1.69. The quantitative estimate of drug-likeness (QED) is 0.391. The maximum absolute atomic E-state index is 10.3. The van der Waals surface area contributed by atoms with Crippen LogP contribution in [0.15, 0.2) is 12.5 Å². The fraction of sp³-hybridized carbons (Fsp3) is 0.571. The summed E-state index contributed by atoms with van der Waals surface area (Å²) in [7, 11) is 3.00. The number of hydrogen-bond donors (Lipinski definition) is 0. The van der Waals surface area contributed by atoms with Crippen LogP contribution in [0.5, 0.6) is 0 Å². The minimum Gasteiger partial charge on any atom is -0.358 e. The van der Waals surface area contributed by atoms with E-state index in [1.165, 1.54) is 31.3 Å². The summed E-state index contributed by atoms with van der Waals surface area (Å²) >= 11 is 0. The predicted molar refractivity (Wildman–Crippen MR) is 46.7 cm³/mol. The van der Waals surface area contributed by atoms with Crippen molar-refractivity contribution in [3.63, 3.8) is 0 Å². The van der Waals surface area contributed by atoms with Crippen molar-refractivity contribution in [2.75, 3.05) is 14.2 Å². The van der Waals surface area contributed by atoms with E-state index in [0.717, 1.165) is 0 Å². The molecule has 0 spiro atoms. The van der Waals surface area contributed by atoms with Crippen LogP contribution >= 0.6 is 0 Å². The van der Waals surface area contributed by atoms with Gasteiger partial charge in [-0.05, 0) is 9.91 Å². The third kappa shape index (κ3) is 2.51. The van der Waals surface area contributed by atoms with Crippen molar-refractivity contribution >= 4 is 5.82 Å². The lowest BCUT2D eigenvalue weighted by Crippen LogP contribution is -2.19. The summed E-state index contributed by atoms with van der Waals surface area (Å²) in [5.74, 6) is -0.184. The van der Waals surface area contributed by atoms with Gasteiger partial charge in [0.05, 0.1) is 6.54 Å². The second kappa shape index (κ2) is 4.68. The second-order valence-electron chi connectivity index (χ2n) is 2.59. The van der Waals surface area contributed by atoms with Gasteiger partial charge in [-0.3, -0.25) is 0 Å². The second-order valence-corrected chi connectivity index (χ2v) is 2.59. The molecule has 0 aliphatic heterocycles. The SMILES string of the molecule is COC(Cn1cnc([N+](=O)[O-])c1)OC. The molecule has 0 N–H and O–H groups in total. The molecule has 0 saturated heterocycles. The van der Waals surface area contributed by atoms with Crippen molar-refractivity contribution in [1.29, 1.82) is 0 Å². The summed E-state index contributed by atoms with van der Waals surface area (Å²) in [6.45, 7) is 0.369. The van der Waals surface area contributed by atoms with Crippen LogP contribution in [0.1, 0.15) is 0 Å². The van der Waals surface area contributed by atoms with Gasteiger partial charge in [0, 0.05) is 14.2 Å². The number of rotatable bonds is 5. The Morgan fingerprint density at radius 3 is 2.71 bits per heavy atom. The first-order valence-electron chi connectivity index (χ1n) is 3.89. The highest BCUT2D eigenvalue weighted by Gasteiger charge is 2.12. The van der Waals surface area contributed by atoms with Crippen molar-refractivity contribution in [2.45, 2.75) is 12.8 Å². The van der Waals surface area contributed by atoms with Crippen LogP contribution in [-0.2, 0) is 16.0 Å². The molecule has 0 aliphatic carbocycles. The first-order chi connectivity index (χ1) is 6.67. The molecule has 7 heteroatoms. The molecule has 0 bridgehead atoms. The lowest BCUT2D eigenvalue weighted by atomic mass is 10.6. The van der Waals surface area contributed by atoms with Gasteiger partial charge in [0.25, 0.3) is 0 Å². The Balaban J connectivity index is 2.63. The van der Waals surface area contributed by atoms with Crippen molar-refractivity contribution in [2.24, 2.45) is 0 Å². The summed E-state index contributed by atoms with van der Waals surface area (Å²) < 4.78 is 11.4. The third-order valence-corrected chi connectivity index (χ3v) is 1.69. The summed E-state index contributed by atoms with van der Waals surface area (Å²) in [6.07, 6.45) is 2.26. The van der Waals surface area contributed by atoms with Gasteiger partial charge < -0.3 is 24.2 Å². The van der Waals surface area contributed by atoms with Crippen LogP contribution in [0.25, 0.3) is 0 Å². The van der Waals surface area contributed by atoms with E-state index in [2.05, 4.69) is 4.98 Å². The van der Waals surface area contributed by atoms with E-state index >= 15 is 0 Å². The van der Waals surface area contributed by atoms with Crippen molar-refractivity contribution in [3.8, 4) is 0 Å². The number of nitrogens with zero attached hydrogens (tertiary/aromatic N) is 3. The molecule has 0 radical (unpaired) electrons. The number of hydrogen-bond acceptors (Lipinski definition) is 5. The highest BCUT2D eigenvalue weighted by atomic mass is 16.7. The van der Waals surface area contributed by atoms with Crippen molar-refractivity contribution in [3.05, 3.63) is 22.6 Å². The molecule has 1 heterocycles. The Morgan fingerprint density at radius 1 is 1.64 bits per heavy atom. The van der Waals surface area contributed by atoms with Gasteiger partial charge in [-0.2, -0.15) is 0 Å². The van der Waals surface area contributed by atoms with Crippen LogP contribution in [0.4, 0.5) is 5.82 Å².